The van der Waals surface area contributed by atoms with Crippen molar-refractivity contribution in [3.63, 3.8) is 0 Å². The zero-order chi connectivity index (χ0) is 19.6. The smallest absolute Gasteiger partial charge is 0.241 e. The average molecular weight is 425 g/mol. The van der Waals surface area contributed by atoms with Crippen LogP contribution in [0.2, 0.25) is 0 Å². The average Bonchev–Trinajstić information content (AvgIpc) is 3.05. The molecule has 1 atom stereocenters. The fraction of sp³-hybridized carbons (Fsp3) is 0.421. The molecule has 0 fully saturated rings. The van der Waals surface area contributed by atoms with E-state index in [2.05, 4.69) is 4.72 Å². The number of benzene rings is 1. The molecule has 8 heteroatoms. The third-order valence-corrected chi connectivity index (χ3v) is 8.04. The normalized spacial score (nSPS) is 16.1. The van der Waals surface area contributed by atoms with E-state index in [-0.39, 0.29) is 22.8 Å². The Hall–Kier alpha value is -1.35. The van der Waals surface area contributed by atoms with Crippen LogP contribution >= 0.6 is 23.1 Å². The Labute approximate surface area is 169 Å². The van der Waals surface area contributed by atoms with Crippen molar-refractivity contribution in [3.05, 3.63) is 40.6 Å². The van der Waals surface area contributed by atoms with E-state index in [0.717, 1.165) is 21.9 Å². The van der Waals surface area contributed by atoms with Gasteiger partial charge in [-0.2, -0.15) is 0 Å². The molecule has 0 bridgehead atoms. The van der Waals surface area contributed by atoms with Crippen LogP contribution in [0.1, 0.15) is 38.1 Å². The number of thiophene rings is 1. The molecule has 146 valence electrons. The quantitative estimate of drug-likeness (QED) is 0.778. The van der Waals surface area contributed by atoms with Crippen molar-refractivity contribution >= 4 is 44.7 Å². The fourth-order valence-corrected chi connectivity index (χ4v) is 6.46. The second-order valence-electron chi connectivity index (χ2n) is 6.86. The van der Waals surface area contributed by atoms with Crippen LogP contribution in [0.4, 0.5) is 5.69 Å². The number of carbonyl (C=O) groups excluding carboxylic acids is 1. The second-order valence-corrected chi connectivity index (χ2v) is 10.7. The van der Waals surface area contributed by atoms with Crippen LogP contribution in [-0.4, -0.2) is 26.6 Å². The van der Waals surface area contributed by atoms with E-state index in [1.54, 1.807) is 40.1 Å². The topological polar surface area (TPSA) is 66.5 Å². The number of sulfonamides is 1. The summed E-state index contributed by atoms with van der Waals surface area (Å²) < 4.78 is 29.0. The molecule has 2 heterocycles. The van der Waals surface area contributed by atoms with Crippen molar-refractivity contribution < 1.29 is 13.2 Å². The first-order chi connectivity index (χ1) is 12.8. The lowest BCUT2D eigenvalue weighted by atomic mass is 10.0. The van der Waals surface area contributed by atoms with Crippen LogP contribution in [0.5, 0.6) is 0 Å². The third kappa shape index (κ3) is 4.56. The molecule has 1 N–H and O–H groups in total. The van der Waals surface area contributed by atoms with E-state index in [0.29, 0.717) is 12.2 Å². The van der Waals surface area contributed by atoms with Gasteiger partial charge in [0.2, 0.25) is 15.9 Å². The van der Waals surface area contributed by atoms with Crippen molar-refractivity contribution in [2.75, 3.05) is 17.2 Å². The van der Waals surface area contributed by atoms with Crippen molar-refractivity contribution in [1.29, 1.82) is 0 Å². The Balaban J connectivity index is 1.96. The van der Waals surface area contributed by atoms with Gasteiger partial charge in [-0.3, -0.25) is 4.79 Å². The van der Waals surface area contributed by atoms with Crippen molar-refractivity contribution in [3.8, 4) is 0 Å². The molecule has 5 nitrogen and oxygen atoms in total. The molecule has 0 spiro atoms. The van der Waals surface area contributed by atoms with Gasteiger partial charge in [-0.1, -0.05) is 19.9 Å². The Morgan fingerprint density at radius 1 is 1.26 bits per heavy atom. The van der Waals surface area contributed by atoms with Gasteiger partial charge in [-0.05, 0) is 47.7 Å². The fourth-order valence-electron chi connectivity index (χ4n) is 3.08. The minimum absolute atomic E-state index is 0.0695. The molecule has 0 saturated heterocycles. The van der Waals surface area contributed by atoms with Gasteiger partial charge in [0.05, 0.1) is 16.6 Å². The lowest BCUT2D eigenvalue weighted by Gasteiger charge is -2.23. The summed E-state index contributed by atoms with van der Waals surface area (Å²) in [6, 6.07) is 8.65. The van der Waals surface area contributed by atoms with Gasteiger partial charge in [0.15, 0.2) is 0 Å². The number of amides is 1. The van der Waals surface area contributed by atoms with Crippen LogP contribution in [0.25, 0.3) is 0 Å². The predicted molar refractivity (Wildman–Crippen MR) is 112 cm³/mol. The molecule has 1 aliphatic heterocycles. The number of carbonyl (C=O) groups is 1. The third-order valence-electron chi connectivity index (χ3n) is 4.49. The monoisotopic (exact) mass is 424 g/mol. The maximum Gasteiger partial charge on any atom is 0.241 e. The highest BCUT2D eigenvalue weighted by molar-refractivity contribution is 7.99. The number of thioether (sulfide) groups is 1. The first-order valence-electron chi connectivity index (χ1n) is 8.90. The lowest BCUT2D eigenvalue weighted by Crippen LogP contribution is -2.32. The van der Waals surface area contributed by atoms with Gasteiger partial charge < -0.3 is 4.90 Å². The van der Waals surface area contributed by atoms with Crippen LogP contribution in [0.15, 0.2) is 45.5 Å². The summed E-state index contributed by atoms with van der Waals surface area (Å²) in [5.74, 6) is 0.956. The number of hydrogen-bond donors (Lipinski definition) is 1. The van der Waals surface area contributed by atoms with Gasteiger partial charge >= 0.3 is 0 Å². The van der Waals surface area contributed by atoms with E-state index in [1.165, 1.54) is 6.92 Å². The molecule has 27 heavy (non-hydrogen) atoms. The summed E-state index contributed by atoms with van der Waals surface area (Å²) in [6.07, 6.45) is 0.882. The Kier molecular flexibility index (Phi) is 6.30. The van der Waals surface area contributed by atoms with Gasteiger partial charge in [-0.25, -0.2) is 13.1 Å². The predicted octanol–water partition coefficient (Wildman–Crippen LogP) is 4.27. The molecule has 1 aromatic carbocycles. The number of anilines is 1. The summed E-state index contributed by atoms with van der Waals surface area (Å²) in [4.78, 5) is 15.9. The number of hydrogen-bond acceptors (Lipinski definition) is 5. The zero-order valence-electron chi connectivity index (χ0n) is 15.6. The van der Waals surface area contributed by atoms with Crippen molar-refractivity contribution in [2.24, 2.45) is 5.92 Å². The zero-order valence-corrected chi connectivity index (χ0v) is 18.1. The Morgan fingerprint density at radius 3 is 2.67 bits per heavy atom. The number of fused-ring (bicyclic) bond motifs is 1. The molecular formula is C19H24N2O3S3. The molecule has 0 radical (unpaired) electrons. The highest BCUT2D eigenvalue weighted by Crippen LogP contribution is 2.36. The summed E-state index contributed by atoms with van der Waals surface area (Å²) in [5.41, 5.74) is 0.685. The largest absolute Gasteiger partial charge is 0.311 e. The van der Waals surface area contributed by atoms with E-state index in [4.69, 9.17) is 0 Å². The van der Waals surface area contributed by atoms with Gasteiger partial charge in [-0.15, -0.1) is 23.1 Å². The number of nitrogens with zero attached hydrogens (tertiary/aromatic N) is 1. The first-order valence-corrected chi connectivity index (χ1v) is 12.2. The van der Waals surface area contributed by atoms with E-state index in [9.17, 15) is 13.2 Å². The molecule has 3 rings (SSSR count). The molecule has 2 aromatic rings. The van der Waals surface area contributed by atoms with E-state index >= 15 is 0 Å². The van der Waals surface area contributed by atoms with Gasteiger partial charge in [0.25, 0.3) is 0 Å². The first kappa shape index (κ1) is 20.4. The summed E-state index contributed by atoms with van der Waals surface area (Å²) >= 11 is 3.20. The summed E-state index contributed by atoms with van der Waals surface area (Å²) in [7, 11) is -3.72. The molecule has 1 aliphatic rings. The van der Waals surface area contributed by atoms with Crippen molar-refractivity contribution in [1.82, 2.24) is 4.72 Å². The SMILES string of the molecule is CC(=O)N1CCCSc2ccc(S(=O)(=O)N[C@H](c3cccs3)C(C)C)cc21. The number of nitrogens with one attached hydrogen (secondary N) is 1. The number of rotatable bonds is 5. The molecule has 1 aromatic heterocycles. The van der Waals surface area contributed by atoms with Crippen LogP contribution in [0, 0.1) is 5.92 Å². The lowest BCUT2D eigenvalue weighted by molar-refractivity contribution is -0.116. The van der Waals surface area contributed by atoms with Crippen LogP contribution in [-0.2, 0) is 14.8 Å². The Bertz CT molecular complexity index is 908. The van der Waals surface area contributed by atoms with Crippen LogP contribution < -0.4 is 9.62 Å². The minimum atomic E-state index is -3.72. The minimum Gasteiger partial charge on any atom is -0.311 e. The molecular weight excluding hydrogens is 400 g/mol. The highest BCUT2D eigenvalue weighted by Gasteiger charge is 2.27. The van der Waals surface area contributed by atoms with Gasteiger partial charge in [0.1, 0.15) is 0 Å². The van der Waals surface area contributed by atoms with E-state index < -0.39 is 10.0 Å². The van der Waals surface area contributed by atoms with Crippen molar-refractivity contribution in [2.45, 2.75) is 43.0 Å². The van der Waals surface area contributed by atoms with Gasteiger partial charge in [0, 0.05) is 23.2 Å². The standard InChI is InChI=1S/C19H24N2O3S3/c1-13(2)19(18-6-4-10-26-18)20-27(23,24)15-7-8-17-16(12-15)21(14(3)22)9-5-11-25-17/h4,6-8,10,12-13,19-20H,5,9,11H2,1-3H3/t19-/m0/s1. The maximum absolute atomic E-state index is 13.1. The van der Waals surface area contributed by atoms with E-state index in [1.807, 2.05) is 37.4 Å². The second kappa shape index (κ2) is 8.34. The molecule has 0 aliphatic carbocycles. The van der Waals surface area contributed by atoms with Crippen LogP contribution in [0.3, 0.4) is 0 Å². The molecule has 0 unspecified atom stereocenters. The Morgan fingerprint density at radius 2 is 2.04 bits per heavy atom. The highest BCUT2D eigenvalue weighted by atomic mass is 32.2. The maximum atomic E-state index is 13.1. The summed E-state index contributed by atoms with van der Waals surface area (Å²) in [5, 5.41) is 1.95. The molecule has 0 saturated carbocycles. The summed E-state index contributed by atoms with van der Waals surface area (Å²) in [6.45, 7) is 6.12. The molecule has 1 amide bonds.